The highest BCUT2D eigenvalue weighted by Crippen LogP contribution is 2.39. The number of thioether (sulfide) groups is 1. The Hall–Kier alpha value is -1.82. The van der Waals surface area contributed by atoms with Gasteiger partial charge < -0.3 is 4.90 Å². The molecule has 5 nitrogen and oxygen atoms in total. The Kier molecular flexibility index (Phi) is 5.50. The summed E-state index contributed by atoms with van der Waals surface area (Å²) in [7, 11) is 0. The van der Waals surface area contributed by atoms with Gasteiger partial charge in [-0.1, -0.05) is 26.0 Å². The molecule has 2 atom stereocenters. The van der Waals surface area contributed by atoms with Gasteiger partial charge >= 0.3 is 0 Å². The van der Waals surface area contributed by atoms with Crippen molar-refractivity contribution in [1.82, 2.24) is 9.80 Å². The molecule has 3 amide bonds. The number of amides is 3. The van der Waals surface area contributed by atoms with E-state index in [4.69, 9.17) is 0 Å². The molecule has 2 bridgehead atoms. The second kappa shape index (κ2) is 7.90. The quantitative estimate of drug-likeness (QED) is 0.561. The minimum atomic E-state index is -0.0338. The molecule has 0 aromatic heterocycles. The van der Waals surface area contributed by atoms with E-state index in [9.17, 15) is 14.4 Å². The minimum Gasteiger partial charge on any atom is -0.336 e. The van der Waals surface area contributed by atoms with Gasteiger partial charge in [0.2, 0.25) is 17.7 Å². The van der Waals surface area contributed by atoms with Crippen molar-refractivity contribution in [1.29, 1.82) is 0 Å². The van der Waals surface area contributed by atoms with Crippen molar-refractivity contribution >= 4 is 29.5 Å². The van der Waals surface area contributed by atoms with E-state index in [1.807, 2.05) is 11.8 Å². The summed E-state index contributed by atoms with van der Waals surface area (Å²) < 4.78 is 0. The Labute approximate surface area is 170 Å². The SMILES string of the molecule is CC(C)Sc1ccc(CC(=O)N2C3CCC2CC(N2C(=O)CCC2=O)C3)cc1. The van der Waals surface area contributed by atoms with E-state index >= 15 is 0 Å². The van der Waals surface area contributed by atoms with Crippen molar-refractivity contribution in [2.45, 2.75) is 87.1 Å². The lowest BCUT2D eigenvalue weighted by Crippen LogP contribution is -2.54. The molecule has 1 aromatic rings. The summed E-state index contributed by atoms with van der Waals surface area (Å²) in [5.74, 6) is 0.108. The van der Waals surface area contributed by atoms with Crippen LogP contribution in [0, 0.1) is 0 Å². The lowest BCUT2D eigenvalue weighted by Gasteiger charge is -2.41. The fourth-order valence-electron chi connectivity index (χ4n) is 4.99. The summed E-state index contributed by atoms with van der Waals surface area (Å²) in [5, 5.41) is 0.541. The maximum atomic E-state index is 13.0. The number of benzene rings is 1. The fraction of sp³-hybridized carbons (Fsp3) is 0.591. The number of imide groups is 1. The molecule has 3 aliphatic heterocycles. The second-order valence-electron chi connectivity index (χ2n) is 8.46. The van der Waals surface area contributed by atoms with Crippen molar-refractivity contribution in [3.8, 4) is 0 Å². The summed E-state index contributed by atoms with van der Waals surface area (Å²) in [6, 6.07) is 8.60. The third-order valence-electron chi connectivity index (χ3n) is 6.10. The molecule has 1 aromatic carbocycles. The first-order valence-electron chi connectivity index (χ1n) is 10.3. The lowest BCUT2D eigenvalue weighted by atomic mass is 9.95. The maximum Gasteiger partial charge on any atom is 0.229 e. The predicted molar refractivity (Wildman–Crippen MR) is 109 cm³/mol. The van der Waals surface area contributed by atoms with Crippen molar-refractivity contribution in [3.63, 3.8) is 0 Å². The molecule has 4 rings (SSSR count). The zero-order valence-corrected chi connectivity index (χ0v) is 17.4. The van der Waals surface area contributed by atoms with E-state index in [2.05, 4.69) is 43.0 Å². The molecular formula is C22H28N2O3S. The normalized spacial score (nSPS) is 27.2. The minimum absolute atomic E-state index is 0.0172. The van der Waals surface area contributed by atoms with E-state index in [0.717, 1.165) is 31.2 Å². The van der Waals surface area contributed by atoms with Crippen LogP contribution in [0.4, 0.5) is 0 Å². The molecule has 28 heavy (non-hydrogen) atoms. The predicted octanol–water partition coefficient (Wildman–Crippen LogP) is 3.40. The van der Waals surface area contributed by atoms with Crippen LogP contribution in [0.15, 0.2) is 29.2 Å². The van der Waals surface area contributed by atoms with Crippen LogP contribution in [0.1, 0.15) is 57.9 Å². The molecule has 3 heterocycles. The van der Waals surface area contributed by atoms with Crippen molar-refractivity contribution in [3.05, 3.63) is 29.8 Å². The third kappa shape index (κ3) is 3.84. The molecule has 3 fully saturated rings. The van der Waals surface area contributed by atoms with Crippen molar-refractivity contribution in [2.24, 2.45) is 0 Å². The molecular weight excluding hydrogens is 372 g/mol. The first-order valence-corrected chi connectivity index (χ1v) is 11.2. The molecule has 3 saturated heterocycles. The monoisotopic (exact) mass is 400 g/mol. The van der Waals surface area contributed by atoms with Gasteiger partial charge in [0.05, 0.1) is 6.42 Å². The van der Waals surface area contributed by atoms with Crippen LogP contribution in [0.3, 0.4) is 0 Å². The smallest absolute Gasteiger partial charge is 0.229 e. The van der Waals surface area contributed by atoms with E-state index in [0.29, 0.717) is 24.5 Å². The van der Waals surface area contributed by atoms with E-state index in [1.54, 1.807) is 0 Å². The van der Waals surface area contributed by atoms with Crippen molar-refractivity contribution in [2.75, 3.05) is 0 Å². The van der Waals surface area contributed by atoms with Gasteiger partial charge in [-0.3, -0.25) is 19.3 Å². The number of nitrogens with zero attached hydrogens (tertiary/aromatic N) is 2. The highest BCUT2D eigenvalue weighted by molar-refractivity contribution is 7.99. The summed E-state index contributed by atoms with van der Waals surface area (Å²) in [6.45, 7) is 4.34. The zero-order chi connectivity index (χ0) is 19.8. The van der Waals surface area contributed by atoms with Crippen LogP contribution < -0.4 is 0 Å². The van der Waals surface area contributed by atoms with Crippen LogP contribution in [0.25, 0.3) is 0 Å². The van der Waals surface area contributed by atoms with Crippen LogP contribution >= 0.6 is 11.8 Å². The molecule has 0 radical (unpaired) electrons. The molecule has 0 saturated carbocycles. The van der Waals surface area contributed by atoms with Crippen molar-refractivity contribution < 1.29 is 14.4 Å². The Bertz CT molecular complexity index is 746. The first kappa shape index (κ1) is 19.5. The topological polar surface area (TPSA) is 57.7 Å². The maximum absolute atomic E-state index is 13.0. The molecule has 150 valence electrons. The van der Waals surface area contributed by atoms with Gasteiger partial charge in [0.25, 0.3) is 0 Å². The molecule has 0 N–H and O–H groups in total. The van der Waals surface area contributed by atoms with Gasteiger partial charge in [0.1, 0.15) is 0 Å². The third-order valence-corrected chi connectivity index (χ3v) is 7.12. The molecule has 3 aliphatic rings. The highest BCUT2D eigenvalue weighted by atomic mass is 32.2. The Balaban J connectivity index is 1.39. The Morgan fingerprint density at radius 2 is 1.57 bits per heavy atom. The van der Waals surface area contributed by atoms with Gasteiger partial charge in [-0.15, -0.1) is 11.8 Å². The average Bonchev–Trinajstić information content (AvgIpc) is 3.12. The van der Waals surface area contributed by atoms with Crippen LogP contribution in [0.5, 0.6) is 0 Å². The Morgan fingerprint density at radius 1 is 1.00 bits per heavy atom. The largest absolute Gasteiger partial charge is 0.336 e. The van der Waals surface area contributed by atoms with E-state index in [1.165, 1.54) is 9.80 Å². The van der Waals surface area contributed by atoms with E-state index < -0.39 is 0 Å². The number of fused-ring (bicyclic) bond motifs is 2. The number of hydrogen-bond donors (Lipinski definition) is 0. The number of piperidine rings is 1. The standard InChI is InChI=1S/C22H28N2O3S/c1-14(2)28-19-7-3-15(4-8-19)11-22(27)23-16-5-6-17(23)13-18(12-16)24-20(25)9-10-21(24)26/h3-4,7-8,14,16-18H,5-6,9-13H2,1-2H3. The number of carbonyl (C=O) groups is 3. The van der Waals surface area contributed by atoms with Crippen LogP contribution in [-0.2, 0) is 20.8 Å². The summed E-state index contributed by atoms with van der Waals surface area (Å²) >= 11 is 1.82. The van der Waals surface area contributed by atoms with Gasteiger partial charge in [-0.2, -0.15) is 0 Å². The zero-order valence-electron chi connectivity index (χ0n) is 16.6. The number of hydrogen-bond acceptors (Lipinski definition) is 4. The molecule has 6 heteroatoms. The Morgan fingerprint density at radius 3 is 2.11 bits per heavy atom. The average molecular weight is 401 g/mol. The van der Waals surface area contributed by atoms with E-state index in [-0.39, 0.29) is 35.8 Å². The summed E-state index contributed by atoms with van der Waals surface area (Å²) in [6.07, 6.45) is 4.55. The molecule has 2 unspecified atom stereocenters. The summed E-state index contributed by atoms with van der Waals surface area (Å²) in [5.41, 5.74) is 1.05. The lowest BCUT2D eigenvalue weighted by molar-refractivity contribution is -0.144. The molecule has 0 spiro atoms. The molecule has 0 aliphatic carbocycles. The first-order chi connectivity index (χ1) is 13.4. The van der Waals surface area contributed by atoms with Crippen LogP contribution in [-0.4, -0.2) is 50.9 Å². The second-order valence-corrected chi connectivity index (χ2v) is 10.1. The number of carbonyl (C=O) groups excluding carboxylic acids is 3. The van der Waals surface area contributed by atoms with Gasteiger partial charge in [0, 0.05) is 41.1 Å². The van der Waals surface area contributed by atoms with Gasteiger partial charge in [-0.05, 0) is 43.4 Å². The van der Waals surface area contributed by atoms with Gasteiger partial charge in [0.15, 0.2) is 0 Å². The van der Waals surface area contributed by atoms with Gasteiger partial charge in [-0.25, -0.2) is 0 Å². The fourth-order valence-corrected chi connectivity index (χ4v) is 5.83. The number of likely N-dealkylation sites (tertiary alicyclic amines) is 1. The van der Waals surface area contributed by atoms with Crippen LogP contribution in [0.2, 0.25) is 0 Å². The number of rotatable bonds is 5. The summed E-state index contributed by atoms with van der Waals surface area (Å²) in [4.78, 5) is 42.0. The highest BCUT2D eigenvalue weighted by Gasteiger charge is 2.47.